The van der Waals surface area contributed by atoms with Gasteiger partial charge in [-0.05, 0) is 37.1 Å². The third kappa shape index (κ3) is 5.92. The minimum absolute atomic E-state index is 0.790. The fourth-order valence-corrected chi connectivity index (χ4v) is 1.63. The molecule has 0 aromatic heterocycles. The van der Waals surface area contributed by atoms with Gasteiger partial charge in [-0.15, -0.1) is 0 Å². The van der Waals surface area contributed by atoms with Crippen LogP contribution >= 0.6 is 15.9 Å². The van der Waals surface area contributed by atoms with Crippen molar-refractivity contribution in [1.82, 2.24) is 5.32 Å². The van der Waals surface area contributed by atoms with Crippen molar-refractivity contribution >= 4 is 15.9 Å². The molecule has 15 heavy (non-hydrogen) atoms. The lowest BCUT2D eigenvalue weighted by atomic mass is 10.1. The number of nitrogens with one attached hydrogen (secondary N) is 1. The minimum Gasteiger partial charge on any atom is -0.383 e. The molecular weight excluding hydrogens is 254 g/mol. The van der Waals surface area contributed by atoms with Crippen molar-refractivity contribution in [2.45, 2.75) is 12.8 Å². The lowest BCUT2D eigenvalue weighted by Gasteiger charge is -2.04. The monoisotopic (exact) mass is 271 g/mol. The first kappa shape index (κ1) is 12.7. The van der Waals surface area contributed by atoms with Crippen molar-refractivity contribution in [1.29, 1.82) is 0 Å². The maximum Gasteiger partial charge on any atom is 0.0587 e. The van der Waals surface area contributed by atoms with Gasteiger partial charge in [0, 0.05) is 18.1 Å². The molecule has 2 nitrogen and oxygen atoms in total. The van der Waals surface area contributed by atoms with Gasteiger partial charge in [0.05, 0.1) is 6.61 Å². The molecular formula is C12H18BrNO. The highest BCUT2D eigenvalue weighted by Gasteiger charge is 1.93. The van der Waals surface area contributed by atoms with Crippen LogP contribution in [0.3, 0.4) is 0 Å². The fourth-order valence-electron chi connectivity index (χ4n) is 1.37. The lowest BCUT2D eigenvalue weighted by Crippen LogP contribution is -2.20. The number of ether oxygens (including phenoxy) is 1. The number of hydrogen-bond donors (Lipinski definition) is 1. The Balaban J connectivity index is 2.07. The molecule has 0 fully saturated rings. The molecule has 0 atom stereocenters. The van der Waals surface area contributed by atoms with E-state index in [0.717, 1.165) is 30.6 Å². The molecule has 84 valence electrons. The maximum atomic E-state index is 4.95. The number of halogens is 1. The minimum atomic E-state index is 0.790. The lowest BCUT2D eigenvalue weighted by molar-refractivity contribution is 0.199. The van der Waals surface area contributed by atoms with Crippen LogP contribution in [0.15, 0.2) is 28.7 Å². The summed E-state index contributed by atoms with van der Waals surface area (Å²) in [5, 5.41) is 3.33. The Morgan fingerprint density at radius 1 is 1.20 bits per heavy atom. The molecule has 0 aliphatic carbocycles. The average molecular weight is 272 g/mol. The molecule has 0 heterocycles. The van der Waals surface area contributed by atoms with E-state index in [2.05, 4.69) is 45.5 Å². The molecule has 0 amide bonds. The van der Waals surface area contributed by atoms with Gasteiger partial charge in [0.15, 0.2) is 0 Å². The predicted octanol–water partition coefficient (Wildman–Crippen LogP) is 2.62. The highest BCUT2D eigenvalue weighted by Crippen LogP contribution is 2.11. The van der Waals surface area contributed by atoms with Gasteiger partial charge >= 0.3 is 0 Å². The number of hydrogen-bond acceptors (Lipinski definition) is 2. The van der Waals surface area contributed by atoms with Crippen LogP contribution in [-0.2, 0) is 11.2 Å². The third-order valence-electron chi connectivity index (χ3n) is 2.22. The zero-order chi connectivity index (χ0) is 10.9. The molecule has 0 radical (unpaired) electrons. The average Bonchev–Trinajstić information content (AvgIpc) is 2.26. The Kier molecular flexibility index (Phi) is 6.64. The van der Waals surface area contributed by atoms with Crippen molar-refractivity contribution in [3.8, 4) is 0 Å². The Morgan fingerprint density at radius 2 is 1.93 bits per heavy atom. The molecule has 1 aromatic carbocycles. The quantitative estimate of drug-likeness (QED) is 0.770. The van der Waals surface area contributed by atoms with Crippen LogP contribution < -0.4 is 5.32 Å². The van der Waals surface area contributed by atoms with E-state index in [1.54, 1.807) is 7.11 Å². The van der Waals surface area contributed by atoms with Crippen LogP contribution in [0.2, 0.25) is 0 Å². The molecule has 0 aliphatic heterocycles. The van der Waals surface area contributed by atoms with Crippen molar-refractivity contribution in [2.24, 2.45) is 0 Å². The Bertz CT molecular complexity index is 261. The molecule has 0 bridgehead atoms. The summed E-state index contributed by atoms with van der Waals surface area (Å²) in [5.41, 5.74) is 1.40. The van der Waals surface area contributed by atoms with E-state index < -0.39 is 0 Å². The summed E-state index contributed by atoms with van der Waals surface area (Å²) in [6.07, 6.45) is 2.30. The summed E-state index contributed by atoms with van der Waals surface area (Å²) in [4.78, 5) is 0. The third-order valence-corrected chi connectivity index (χ3v) is 2.74. The Hall–Kier alpha value is -0.380. The van der Waals surface area contributed by atoms with E-state index in [9.17, 15) is 0 Å². The van der Waals surface area contributed by atoms with Gasteiger partial charge < -0.3 is 10.1 Å². The molecule has 0 saturated heterocycles. The van der Waals surface area contributed by atoms with Crippen molar-refractivity contribution in [2.75, 3.05) is 26.8 Å². The van der Waals surface area contributed by atoms with Crippen molar-refractivity contribution in [3.05, 3.63) is 34.3 Å². The zero-order valence-electron chi connectivity index (χ0n) is 9.13. The van der Waals surface area contributed by atoms with E-state index in [1.807, 2.05) is 0 Å². The van der Waals surface area contributed by atoms with E-state index in [-0.39, 0.29) is 0 Å². The van der Waals surface area contributed by atoms with E-state index >= 15 is 0 Å². The van der Waals surface area contributed by atoms with Gasteiger partial charge in [-0.2, -0.15) is 0 Å². The summed E-state index contributed by atoms with van der Waals surface area (Å²) < 4.78 is 6.10. The van der Waals surface area contributed by atoms with Crippen molar-refractivity contribution < 1.29 is 4.74 Å². The molecule has 1 aromatic rings. The number of aryl methyl sites for hydroxylation is 1. The van der Waals surface area contributed by atoms with Crippen LogP contribution in [0.4, 0.5) is 0 Å². The van der Waals surface area contributed by atoms with Gasteiger partial charge in [-0.3, -0.25) is 0 Å². The van der Waals surface area contributed by atoms with Gasteiger partial charge in [0.1, 0.15) is 0 Å². The Labute approximate surface area is 100 Å². The molecule has 0 saturated carbocycles. The number of rotatable bonds is 7. The Morgan fingerprint density at radius 3 is 2.60 bits per heavy atom. The fraction of sp³-hybridized carbons (Fsp3) is 0.500. The van der Waals surface area contributed by atoms with E-state index in [4.69, 9.17) is 4.74 Å². The molecule has 0 unspecified atom stereocenters. The van der Waals surface area contributed by atoms with Gasteiger partial charge in [-0.1, -0.05) is 28.1 Å². The molecule has 0 aliphatic rings. The van der Waals surface area contributed by atoms with Gasteiger partial charge in [0.2, 0.25) is 0 Å². The number of benzene rings is 1. The van der Waals surface area contributed by atoms with Crippen LogP contribution in [0.25, 0.3) is 0 Å². The topological polar surface area (TPSA) is 21.3 Å². The summed E-state index contributed by atoms with van der Waals surface area (Å²) in [7, 11) is 1.73. The second kappa shape index (κ2) is 7.85. The first-order valence-corrected chi connectivity index (χ1v) is 6.06. The SMILES string of the molecule is COCCNCCCc1ccc(Br)cc1. The standard InChI is InChI=1S/C12H18BrNO/c1-15-10-9-14-8-2-3-11-4-6-12(13)7-5-11/h4-7,14H,2-3,8-10H2,1H3. The van der Waals surface area contributed by atoms with E-state index in [1.165, 1.54) is 12.0 Å². The second-order valence-corrected chi connectivity index (χ2v) is 4.39. The maximum absolute atomic E-state index is 4.95. The zero-order valence-corrected chi connectivity index (χ0v) is 10.7. The van der Waals surface area contributed by atoms with Gasteiger partial charge in [-0.25, -0.2) is 0 Å². The second-order valence-electron chi connectivity index (χ2n) is 3.47. The normalized spacial score (nSPS) is 10.5. The summed E-state index contributed by atoms with van der Waals surface area (Å²) in [5.74, 6) is 0. The van der Waals surface area contributed by atoms with Crippen molar-refractivity contribution in [3.63, 3.8) is 0 Å². The summed E-state index contributed by atoms with van der Waals surface area (Å²) >= 11 is 3.43. The highest BCUT2D eigenvalue weighted by molar-refractivity contribution is 9.10. The highest BCUT2D eigenvalue weighted by atomic mass is 79.9. The molecule has 3 heteroatoms. The van der Waals surface area contributed by atoms with Crippen LogP contribution in [0, 0.1) is 0 Å². The largest absolute Gasteiger partial charge is 0.383 e. The predicted molar refractivity (Wildman–Crippen MR) is 67.2 cm³/mol. The van der Waals surface area contributed by atoms with Crippen LogP contribution in [-0.4, -0.2) is 26.8 Å². The first-order chi connectivity index (χ1) is 7.33. The molecule has 1 N–H and O–H groups in total. The molecule has 0 spiro atoms. The van der Waals surface area contributed by atoms with Crippen LogP contribution in [0.1, 0.15) is 12.0 Å². The number of methoxy groups -OCH3 is 1. The van der Waals surface area contributed by atoms with Crippen LogP contribution in [0.5, 0.6) is 0 Å². The summed E-state index contributed by atoms with van der Waals surface area (Å²) in [6.45, 7) is 2.79. The van der Waals surface area contributed by atoms with Gasteiger partial charge in [0.25, 0.3) is 0 Å². The van der Waals surface area contributed by atoms with E-state index in [0.29, 0.717) is 0 Å². The first-order valence-electron chi connectivity index (χ1n) is 5.27. The molecule has 1 rings (SSSR count). The smallest absolute Gasteiger partial charge is 0.0587 e. The summed E-state index contributed by atoms with van der Waals surface area (Å²) in [6, 6.07) is 8.51.